The van der Waals surface area contributed by atoms with Gasteiger partial charge in [-0.15, -0.1) is 0 Å². The van der Waals surface area contributed by atoms with Gasteiger partial charge >= 0.3 is 12.0 Å². The van der Waals surface area contributed by atoms with E-state index < -0.39 is 24.5 Å². The van der Waals surface area contributed by atoms with Crippen molar-refractivity contribution in [2.24, 2.45) is 0 Å². The number of nitrogens with one attached hydrogen (secondary N) is 2. The van der Waals surface area contributed by atoms with Crippen LogP contribution in [0.5, 0.6) is 0 Å². The third kappa shape index (κ3) is 5.20. The van der Waals surface area contributed by atoms with E-state index in [0.29, 0.717) is 11.3 Å². The summed E-state index contributed by atoms with van der Waals surface area (Å²) in [5.41, 5.74) is 1.03. The monoisotopic (exact) mass is 290 g/mol. The Balaban J connectivity index is 2.49. The van der Waals surface area contributed by atoms with E-state index in [1.165, 1.54) is 11.9 Å². The summed E-state index contributed by atoms with van der Waals surface area (Å²) in [6.45, 7) is -0.826. The minimum absolute atomic E-state index is 0.327. The van der Waals surface area contributed by atoms with Gasteiger partial charge in [0.15, 0.2) is 0 Å². The number of carboxylic acids is 1. The van der Waals surface area contributed by atoms with E-state index in [9.17, 15) is 14.4 Å². The molecule has 0 saturated heterocycles. The van der Waals surface area contributed by atoms with Gasteiger partial charge in [0.25, 0.3) is 0 Å². The summed E-state index contributed by atoms with van der Waals surface area (Å²) < 4.78 is 0. The molecular formula is C13H14N4O4. The van der Waals surface area contributed by atoms with Gasteiger partial charge in [-0.3, -0.25) is 14.5 Å². The average molecular weight is 290 g/mol. The summed E-state index contributed by atoms with van der Waals surface area (Å²) >= 11 is 0. The SMILES string of the molecule is CN(C(=O)NCC(=O)NCC(=O)O)c1ccc(C#N)cc1. The number of carbonyl (C=O) groups excluding carboxylic acids is 2. The lowest BCUT2D eigenvalue weighted by Gasteiger charge is -2.17. The molecule has 21 heavy (non-hydrogen) atoms. The highest BCUT2D eigenvalue weighted by Crippen LogP contribution is 2.13. The Morgan fingerprint density at radius 1 is 1.19 bits per heavy atom. The number of benzene rings is 1. The second-order valence-electron chi connectivity index (χ2n) is 4.05. The maximum atomic E-state index is 11.8. The molecule has 0 bridgehead atoms. The molecule has 3 N–H and O–H groups in total. The minimum atomic E-state index is -1.16. The molecule has 0 saturated carbocycles. The molecule has 8 heteroatoms. The predicted molar refractivity (Wildman–Crippen MR) is 73.6 cm³/mol. The summed E-state index contributed by atoms with van der Waals surface area (Å²) in [5, 5.41) is 21.5. The van der Waals surface area contributed by atoms with Gasteiger partial charge in [0, 0.05) is 12.7 Å². The Kier molecular flexibility index (Phi) is 5.70. The Labute approximate surface area is 121 Å². The van der Waals surface area contributed by atoms with Crippen LogP contribution in [0.3, 0.4) is 0 Å². The summed E-state index contributed by atoms with van der Waals surface area (Å²) in [5.74, 6) is -1.76. The van der Waals surface area contributed by atoms with Crippen molar-refractivity contribution in [3.8, 4) is 6.07 Å². The van der Waals surface area contributed by atoms with Crippen LogP contribution >= 0.6 is 0 Å². The number of anilines is 1. The van der Waals surface area contributed by atoms with E-state index in [1.807, 2.05) is 6.07 Å². The molecule has 0 aromatic heterocycles. The number of nitriles is 1. The molecule has 8 nitrogen and oxygen atoms in total. The molecule has 3 amide bonds. The summed E-state index contributed by atoms with van der Waals surface area (Å²) in [6, 6.07) is 7.78. The molecule has 0 unspecified atom stereocenters. The normalized spacial score (nSPS) is 9.33. The van der Waals surface area contributed by atoms with Crippen LogP contribution in [0.4, 0.5) is 10.5 Å². The average Bonchev–Trinajstić information content (AvgIpc) is 2.49. The first kappa shape index (κ1) is 16.0. The van der Waals surface area contributed by atoms with Crippen LogP contribution in [0, 0.1) is 11.3 Å². The third-order valence-electron chi connectivity index (χ3n) is 2.53. The highest BCUT2D eigenvalue weighted by Gasteiger charge is 2.12. The number of urea groups is 1. The fraction of sp³-hybridized carbons (Fsp3) is 0.231. The highest BCUT2D eigenvalue weighted by molar-refractivity contribution is 5.94. The molecule has 0 atom stereocenters. The number of nitrogens with zero attached hydrogens (tertiary/aromatic N) is 2. The Bertz CT molecular complexity index is 577. The number of aliphatic carboxylic acids is 1. The van der Waals surface area contributed by atoms with Gasteiger partial charge in [0.1, 0.15) is 6.54 Å². The van der Waals surface area contributed by atoms with Crippen molar-refractivity contribution in [1.82, 2.24) is 10.6 Å². The second-order valence-corrected chi connectivity index (χ2v) is 4.05. The van der Waals surface area contributed by atoms with Crippen LogP contribution in [-0.2, 0) is 9.59 Å². The standard InChI is InChI=1S/C13H14N4O4/c1-17(10-4-2-9(6-14)3-5-10)13(21)16-7-11(18)15-8-12(19)20/h2-5H,7-8H2,1H3,(H,15,18)(H,16,21)(H,19,20). The maximum absolute atomic E-state index is 11.8. The highest BCUT2D eigenvalue weighted by atomic mass is 16.4. The lowest BCUT2D eigenvalue weighted by Crippen LogP contribution is -2.43. The number of carbonyl (C=O) groups is 3. The molecule has 0 aliphatic carbocycles. The molecular weight excluding hydrogens is 276 g/mol. The zero-order valence-electron chi connectivity index (χ0n) is 11.3. The molecule has 0 aliphatic rings. The third-order valence-corrected chi connectivity index (χ3v) is 2.53. The summed E-state index contributed by atoms with van der Waals surface area (Å²) in [6.07, 6.45) is 0. The molecule has 0 radical (unpaired) electrons. The van der Waals surface area contributed by atoms with Crippen LogP contribution in [0.2, 0.25) is 0 Å². The van der Waals surface area contributed by atoms with Crippen LogP contribution in [-0.4, -0.2) is 43.2 Å². The number of hydrogen-bond donors (Lipinski definition) is 3. The largest absolute Gasteiger partial charge is 0.480 e. The molecule has 0 fully saturated rings. The molecule has 1 aromatic rings. The number of hydrogen-bond acceptors (Lipinski definition) is 4. The van der Waals surface area contributed by atoms with Gasteiger partial charge < -0.3 is 15.7 Å². The molecule has 1 rings (SSSR count). The van der Waals surface area contributed by atoms with Crippen molar-refractivity contribution in [2.75, 3.05) is 25.0 Å². The van der Waals surface area contributed by atoms with Crippen molar-refractivity contribution in [3.05, 3.63) is 29.8 Å². The van der Waals surface area contributed by atoms with E-state index >= 15 is 0 Å². The zero-order valence-corrected chi connectivity index (χ0v) is 11.3. The first-order valence-corrected chi connectivity index (χ1v) is 5.94. The van der Waals surface area contributed by atoms with Gasteiger partial charge in [0.2, 0.25) is 5.91 Å². The lowest BCUT2D eigenvalue weighted by molar-refractivity contribution is -0.137. The summed E-state index contributed by atoms with van der Waals surface area (Å²) in [7, 11) is 1.51. The fourth-order valence-corrected chi connectivity index (χ4v) is 1.39. The quantitative estimate of drug-likeness (QED) is 0.699. The van der Waals surface area contributed by atoms with Crippen LogP contribution in [0.1, 0.15) is 5.56 Å². The van der Waals surface area contributed by atoms with Gasteiger partial charge in [-0.25, -0.2) is 4.79 Å². The van der Waals surface area contributed by atoms with Gasteiger partial charge in [-0.05, 0) is 24.3 Å². The predicted octanol–water partition coefficient (Wildman–Crippen LogP) is -0.0951. The van der Waals surface area contributed by atoms with Crippen molar-refractivity contribution >= 4 is 23.6 Å². The van der Waals surface area contributed by atoms with Crippen LogP contribution in [0.25, 0.3) is 0 Å². The second kappa shape index (κ2) is 7.49. The smallest absolute Gasteiger partial charge is 0.322 e. The zero-order chi connectivity index (χ0) is 15.8. The summed E-state index contributed by atoms with van der Waals surface area (Å²) in [4.78, 5) is 34.6. The Morgan fingerprint density at radius 3 is 2.33 bits per heavy atom. The van der Waals surface area contributed by atoms with Crippen molar-refractivity contribution in [3.63, 3.8) is 0 Å². The first-order chi connectivity index (χ1) is 9.93. The molecule has 110 valence electrons. The maximum Gasteiger partial charge on any atom is 0.322 e. The van der Waals surface area contributed by atoms with Crippen molar-refractivity contribution < 1.29 is 19.5 Å². The lowest BCUT2D eigenvalue weighted by atomic mass is 10.2. The van der Waals surface area contributed by atoms with Crippen molar-refractivity contribution in [2.45, 2.75) is 0 Å². The Hall–Kier alpha value is -3.08. The first-order valence-electron chi connectivity index (χ1n) is 5.94. The fourth-order valence-electron chi connectivity index (χ4n) is 1.39. The minimum Gasteiger partial charge on any atom is -0.480 e. The van der Waals surface area contributed by atoms with Crippen molar-refractivity contribution in [1.29, 1.82) is 5.26 Å². The van der Waals surface area contributed by atoms with E-state index in [1.54, 1.807) is 24.3 Å². The molecule has 1 aromatic carbocycles. The van der Waals surface area contributed by atoms with Gasteiger partial charge in [-0.2, -0.15) is 5.26 Å². The van der Waals surface area contributed by atoms with E-state index in [-0.39, 0.29) is 6.54 Å². The van der Waals surface area contributed by atoms with E-state index in [0.717, 1.165) is 0 Å². The van der Waals surface area contributed by atoms with Gasteiger partial charge in [-0.1, -0.05) is 0 Å². The molecule has 0 heterocycles. The van der Waals surface area contributed by atoms with Crippen LogP contribution < -0.4 is 15.5 Å². The van der Waals surface area contributed by atoms with Gasteiger partial charge in [0.05, 0.1) is 18.2 Å². The number of carboxylic acid groups (broad SMARTS) is 1. The molecule has 0 aliphatic heterocycles. The van der Waals surface area contributed by atoms with E-state index in [4.69, 9.17) is 10.4 Å². The Morgan fingerprint density at radius 2 is 1.81 bits per heavy atom. The number of amides is 3. The van der Waals surface area contributed by atoms with Crippen LogP contribution in [0.15, 0.2) is 24.3 Å². The number of rotatable bonds is 5. The topological polar surface area (TPSA) is 123 Å². The molecule has 0 spiro atoms. The van der Waals surface area contributed by atoms with E-state index in [2.05, 4.69) is 10.6 Å².